The highest BCUT2D eigenvalue weighted by molar-refractivity contribution is 6.02. The van der Waals surface area contributed by atoms with E-state index >= 15 is 0 Å². The van der Waals surface area contributed by atoms with Crippen LogP contribution in [-0.4, -0.2) is 37.5 Å². The van der Waals surface area contributed by atoms with Gasteiger partial charge in [-0.3, -0.25) is 28.5 Å². The predicted octanol–water partition coefficient (Wildman–Crippen LogP) is -2.92. The molecule has 2 rings (SSSR count). The molecule has 0 amide bonds. The van der Waals surface area contributed by atoms with E-state index in [-0.39, 0.29) is 5.82 Å². The third-order valence-electron chi connectivity index (χ3n) is 3.30. The van der Waals surface area contributed by atoms with E-state index in [0.29, 0.717) is 4.57 Å². The Morgan fingerprint density at radius 3 is 2.36 bits per heavy atom. The number of nitrogen functional groups attached to an aromatic ring is 1. The minimum absolute atomic E-state index is 0.376. The van der Waals surface area contributed by atoms with Crippen molar-refractivity contribution in [3.8, 4) is 0 Å². The van der Waals surface area contributed by atoms with Crippen molar-refractivity contribution in [1.82, 2.24) is 19.1 Å². The van der Waals surface area contributed by atoms with Crippen LogP contribution >= 0.6 is 0 Å². The molecule has 0 aliphatic heterocycles. The molecule has 0 spiro atoms. The van der Waals surface area contributed by atoms with Crippen LogP contribution in [-0.2, 0) is 18.8 Å². The highest BCUT2D eigenvalue weighted by Crippen LogP contribution is 2.05. The number of rotatable bonds is 4. The molecule has 0 aliphatic carbocycles. The summed E-state index contributed by atoms with van der Waals surface area (Å²) in [5.74, 6) is -2.48. The second-order valence-electron chi connectivity index (χ2n) is 4.97. The summed E-state index contributed by atoms with van der Waals surface area (Å²) in [4.78, 5) is 73.7. The van der Waals surface area contributed by atoms with Gasteiger partial charge in [-0.2, -0.15) is 0 Å². The molecule has 0 radical (unpaired) electrons. The lowest BCUT2D eigenvalue weighted by Crippen LogP contribution is -2.42. The molecule has 12 heteroatoms. The number of Topliss-reactive ketones (excluding diaryl/α,β-unsaturated/α-hetero) is 1. The first kappa shape index (κ1) is 17.7. The average molecular weight is 351 g/mol. The van der Waals surface area contributed by atoms with Crippen molar-refractivity contribution in [3.05, 3.63) is 59.0 Å². The molecule has 0 fully saturated rings. The summed E-state index contributed by atoms with van der Waals surface area (Å²) in [6.07, 6.45) is 0. The third kappa shape index (κ3) is 3.31. The third-order valence-corrected chi connectivity index (χ3v) is 3.30. The Hall–Kier alpha value is -3.70. The van der Waals surface area contributed by atoms with Gasteiger partial charge in [0.2, 0.25) is 5.78 Å². The van der Waals surface area contributed by atoms with Crippen LogP contribution in [0.2, 0.25) is 0 Å². The molecule has 0 atom stereocenters. The number of hydrogen-bond acceptors (Lipinski definition) is 8. The van der Waals surface area contributed by atoms with Gasteiger partial charge in [-0.15, -0.1) is 0 Å². The lowest BCUT2D eigenvalue weighted by molar-refractivity contribution is 0.0467. The van der Waals surface area contributed by atoms with Gasteiger partial charge in [0.05, 0.1) is 0 Å². The Morgan fingerprint density at radius 2 is 1.76 bits per heavy atom. The molecule has 4 N–H and O–H groups in total. The van der Waals surface area contributed by atoms with Crippen LogP contribution in [0.15, 0.2) is 25.2 Å². The molecule has 12 nitrogen and oxygen atoms in total. The number of carbonyl (C=O) groups is 2. The van der Waals surface area contributed by atoms with Gasteiger partial charge >= 0.3 is 17.3 Å². The first-order valence-electron chi connectivity index (χ1n) is 6.73. The molecule has 2 aromatic rings. The Kier molecular flexibility index (Phi) is 4.54. The summed E-state index contributed by atoms with van der Waals surface area (Å²) in [6.45, 7) is -0.884. The SMILES string of the molecule is Cn1c(N)c(C(=O)COC(=O)c2cc(=O)[nH]c(=O)[nH]2)c(=O)n(C)c1=O. The fourth-order valence-electron chi connectivity index (χ4n) is 1.98. The van der Waals surface area contributed by atoms with Crippen molar-refractivity contribution in [2.45, 2.75) is 0 Å². The largest absolute Gasteiger partial charge is 0.453 e. The zero-order valence-electron chi connectivity index (χ0n) is 13.1. The highest BCUT2D eigenvalue weighted by atomic mass is 16.5. The van der Waals surface area contributed by atoms with Crippen LogP contribution in [0.3, 0.4) is 0 Å². The van der Waals surface area contributed by atoms with E-state index in [0.717, 1.165) is 17.7 Å². The van der Waals surface area contributed by atoms with Crippen molar-refractivity contribution in [2.24, 2.45) is 14.1 Å². The highest BCUT2D eigenvalue weighted by Gasteiger charge is 2.22. The van der Waals surface area contributed by atoms with Gasteiger partial charge in [-0.1, -0.05) is 0 Å². The summed E-state index contributed by atoms with van der Waals surface area (Å²) in [6, 6.07) is 0.772. The van der Waals surface area contributed by atoms with E-state index in [4.69, 9.17) is 5.73 Å². The van der Waals surface area contributed by atoms with Crippen molar-refractivity contribution in [1.29, 1.82) is 0 Å². The quantitative estimate of drug-likeness (QED) is 0.387. The van der Waals surface area contributed by atoms with Crippen molar-refractivity contribution >= 4 is 17.6 Å². The monoisotopic (exact) mass is 351 g/mol. The molecule has 0 saturated carbocycles. The maximum atomic E-state index is 12.1. The number of nitrogens with zero attached hydrogens (tertiary/aromatic N) is 2. The average Bonchev–Trinajstić information content (AvgIpc) is 2.55. The van der Waals surface area contributed by atoms with Gasteiger partial charge in [-0.05, 0) is 0 Å². The minimum atomic E-state index is -1.16. The number of aromatic amines is 2. The predicted molar refractivity (Wildman–Crippen MR) is 83.6 cm³/mol. The molecular weight excluding hydrogens is 338 g/mol. The smallest absolute Gasteiger partial charge is 0.355 e. The Bertz CT molecular complexity index is 1070. The van der Waals surface area contributed by atoms with E-state index in [1.54, 1.807) is 0 Å². The number of carbonyl (C=O) groups excluding carboxylic acids is 2. The molecule has 2 heterocycles. The summed E-state index contributed by atoms with van der Waals surface area (Å²) in [5.41, 5.74) is 1.19. The number of anilines is 1. The first-order valence-corrected chi connectivity index (χ1v) is 6.73. The fraction of sp³-hybridized carbons (Fsp3) is 0.231. The molecule has 2 aromatic heterocycles. The van der Waals surface area contributed by atoms with E-state index in [2.05, 4.69) is 4.74 Å². The molecular formula is C13H13N5O7. The van der Waals surface area contributed by atoms with Crippen LogP contribution < -0.4 is 28.2 Å². The normalized spacial score (nSPS) is 10.5. The number of nitrogens with two attached hydrogens (primary N) is 1. The lowest BCUT2D eigenvalue weighted by Gasteiger charge is -2.10. The number of aromatic nitrogens is 4. The number of hydrogen-bond donors (Lipinski definition) is 3. The number of H-pyrrole nitrogens is 2. The fourth-order valence-corrected chi connectivity index (χ4v) is 1.98. The number of ketones is 1. The van der Waals surface area contributed by atoms with Gasteiger partial charge < -0.3 is 15.5 Å². The minimum Gasteiger partial charge on any atom is -0.453 e. The maximum absolute atomic E-state index is 12.1. The number of esters is 1. The zero-order valence-corrected chi connectivity index (χ0v) is 13.1. The molecule has 0 unspecified atom stereocenters. The Morgan fingerprint density at radius 1 is 1.12 bits per heavy atom. The second kappa shape index (κ2) is 6.43. The van der Waals surface area contributed by atoms with Crippen LogP contribution in [0.4, 0.5) is 5.82 Å². The summed E-state index contributed by atoms with van der Waals surface area (Å²) in [5, 5.41) is 0. The van der Waals surface area contributed by atoms with Crippen LogP contribution in [0.1, 0.15) is 20.8 Å². The standard InChI is InChI=1S/C13H13N5O7/c1-17-9(14)8(10(21)18(2)13(17)24)6(19)4-25-11(22)5-3-7(20)16-12(23)15-5/h3H,4,14H2,1-2H3,(H2,15,16,20,23). The van der Waals surface area contributed by atoms with Gasteiger partial charge in [0.15, 0.2) is 6.61 Å². The molecule has 0 saturated heterocycles. The van der Waals surface area contributed by atoms with Gasteiger partial charge in [0, 0.05) is 20.2 Å². The Balaban J connectivity index is 2.28. The van der Waals surface area contributed by atoms with Crippen LogP contribution in [0.5, 0.6) is 0 Å². The molecule has 0 aromatic carbocycles. The summed E-state index contributed by atoms with van der Waals surface area (Å²) < 4.78 is 6.25. The number of nitrogens with one attached hydrogen (secondary N) is 2. The van der Waals surface area contributed by atoms with Crippen LogP contribution in [0.25, 0.3) is 0 Å². The van der Waals surface area contributed by atoms with Crippen LogP contribution in [0, 0.1) is 0 Å². The zero-order chi connectivity index (χ0) is 18.9. The van der Waals surface area contributed by atoms with E-state index in [1.807, 2.05) is 9.97 Å². The van der Waals surface area contributed by atoms with Crippen molar-refractivity contribution in [3.63, 3.8) is 0 Å². The van der Waals surface area contributed by atoms with Gasteiger partial charge in [-0.25, -0.2) is 14.4 Å². The molecule has 132 valence electrons. The van der Waals surface area contributed by atoms with Crippen molar-refractivity contribution in [2.75, 3.05) is 12.3 Å². The van der Waals surface area contributed by atoms with E-state index < -0.39 is 52.1 Å². The second-order valence-corrected chi connectivity index (χ2v) is 4.97. The summed E-state index contributed by atoms with van der Waals surface area (Å²) in [7, 11) is 2.43. The lowest BCUT2D eigenvalue weighted by atomic mass is 10.2. The van der Waals surface area contributed by atoms with E-state index in [9.17, 15) is 28.8 Å². The van der Waals surface area contributed by atoms with Gasteiger partial charge in [0.25, 0.3) is 11.1 Å². The number of ether oxygens (including phenoxy) is 1. The maximum Gasteiger partial charge on any atom is 0.355 e. The topological polar surface area (TPSA) is 179 Å². The first-order chi connectivity index (χ1) is 11.6. The molecule has 0 aliphatic rings. The molecule has 0 bridgehead atoms. The Labute approximate surface area is 137 Å². The van der Waals surface area contributed by atoms with Gasteiger partial charge in [0.1, 0.15) is 17.1 Å². The van der Waals surface area contributed by atoms with Crippen molar-refractivity contribution < 1.29 is 14.3 Å². The molecule has 25 heavy (non-hydrogen) atoms. The van der Waals surface area contributed by atoms with E-state index in [1.165, 1.54) is 7.05 Å². The summed E-state index contributed by atoms with van der Waals surface area (Å²) >= 11 is 0.